The Labute approximate surface area is 159 Å². The molecule has 0 radical (unpaired) electrons. The number of hydrogen-bond donors (Lipinski definition) is 1. The highest BCUT2D eigenvalue weighted by atomic mass is 35.5. The van der Waals surface area contributed by atoms with E-state index in [-0.39, 0.29) is 11.7 Å². The Balaban J connectivity index is 1.77. The van der Waals surface area contributed by atoms with Gasteiger partial charge in [-0.15, -0.1) is 0 Å². The zero-order chi connectivity index (χ0) is 18.8. The first-order valence-corrected chi connectivity index (χ1v) is 8.54. The number of rotatable bonds is 4. The van der Waals surface area contributed by atoms with Gasteiger partial charge in [0.25, 0.3) is 5.91 Å². The minimum Gasteiger partial charge on any atom is -0.322 e. The van der Waals surface area contributed by atoms with Gasteiger partial charge < -0.3 is 9.88 Å². The quantitative estimate of drug-likeness (QED) is 0.557. The topological polar surface area (TPSA) is 51.9 Å². The van der Waals surface area contributed by atoms with Gasteiger partial charge >= 0.3 is 0 Å². The Morgan fingerprint density at radius 2 is 1.78 bits per heavy atom. The summed E-state index contributed by atoms with van der Waals surface area (Å²) >= 11 is 5.98. The van der Waals surface area contributed by atoms with Gasteiger partial charge in [-0.25, -0.2) is 9.07 Å². The molecule has 0 saturated carbocycles. The third kappa shape index (κ3) is 3.47. The largest absolute Gasteiger partial charge is 0.322 e. The van der Waals surface area contributed by atoms with E-state index in [0.29, 0.717) is 27.8 Å². The molecule has 0 saturated heterocycles. The zero-order valence-electron chi connectivity index (χ0n) is 14.0. The van der Waals surface area contributed by atoms with E-state index in [1.165, 1.54) is 18.3 Å². The molecule has 27 heavy (non-hydrogen) atoms. The van der Waals surface area contributed by atoms with Gasteiger partial charge in [0.2, 0.25) is 0 Å². The molecule has 0 aliphatic carbocycles. The van der Waals surface area contributed by atoms with Gasteiger partial charge in [-0.3, -0.25) is 4.79 Å². The molecule has 2 aromatic carbocycles. The van der Waals surface area contributed by atoms with Crippen molar-refractivity contribution in [1.82, 2.24) is 14.3 Å². The second-order valence-corrected chi connectivity index (χ2v) is 6.26. The molecule has 4 aromatic rings. The van der Waals surface area contributed by atoms with Gasteiger partial charge in [-0.2, -0.15) is 5.10 Å². The number of benzene rings is 2. The van der Waals surface area contributed by atoms with Crippen LogP contribution in [0.5, 0.6) is 0 Å². The molecule has 4 rings (SSSR count). The molecule has 1 amide bonds. The van der Waals surface area contributed by atoms with E-state index in [1.54, 1.807) is 45.6 Å². The maximum atomic E-state index is 13.3. The van der Waals surface area contributed by atoms with Gasteiger partial charge in [0.15, 0.2) is 5.82 Å². The highest BCUT2D eigenvalue weighted by Gasteiger charge is 2.20. The summed E-state index contributed by atoms with van der Waals surface area (Å²) in [6.45, 7) is 0. The molecule has 134 valence electrons. The maximum absolute atomic E-state index is 13.3. The maximum Gasteiger partial charge on any atom is 0.261 e. The summed E-state index contributed by atoms with van der Waals surface area (Å²) in [6.07, 6.45) is 5.11. The van der Waals surface area contributed by atoms with Crippen LogP contribution in [0.4, 0.5) is 10.1 Å². The fourth-order valence-corrected chi connectivity index (χ4v) is 2.95. The normalized spacial score (nSPS) is 10.7. The molecule has 7 heteroatoms. The van der Waals surface area contributed by atoms with Crippen molar-refractivity contribution in [3.8, 4) is 11.5 Å². The minimum atomic E-state index is -0.340. The Kier molecular flexibility index (Phi) is 4.48. The number of aromatic nitrogens is 3. The van der Waals surface area contributed by atoms with Gasteiger partial charge in [0.1, 0.15) is 11.4 Å². The van der Waals surface area contributed by atoms with E-state index < -0.39 is 0 Å². The van der Waals surface area contributed by atoms with E-state index in [0.717, 1.165) is 0 Å². The van der Waals surface area contributed by atoms with Gasteiger partial charge in [-0.1, -0.05) is 17.7 Å². The van der Waals surface area contributed by atoms with E-state index in [2.05, 4.69) is 10.4 Å². The fraction of sp³-hybridized carbons (Fsp3) is 0. The molecular weight excluding hydrogens is 367 g/mol. The molecular formula is C20H14ClFN4O. The summed E-state index contributed by atoms with van der Waals surface area (Å²) in [7, 11) is 0. The summed E-state index contributed by atoms with van der Waals surface area (Å²) in [5.74, 6) is -0.118. The number of hydrogen-bond acceptors (Lipinski definition) is 2. The second-order valence-electron chi connectivity index (χ2n) is 5.82. The van der Waals surface area contributed by atoms with E-state index in [1.807, 2.05) is 24.5 Å². The summed E-state index contributed by atoms with van der Waals surface area (Å²) in [5.41, 5.74) is 1.60. The van der Waals surface area contributed by atoms with Crippen LogP contribution < -0.4 is 5.32 Å². The van der Waals surface area contributed by atoms with Crippen molar-refractivity contribution < 1.29 is 9.18 Å². The van der Waals surface area contributed by atoms with Crippen molar-refractivity contribution in [3.05, 3.63) is 95.7 Å². The number of nitrogens with one attached hydrogen (secondary N) is 1. The van der Waals surface area contributed by atoms with E-state index in [4.69, 9.17) is 11.6 Å². The molecule has 2 aromatic heterocycles. The molecule has 0 unspecified atom stereocenters. The molecule has 0 bridgehead atoms. The lowest BCUT2D eigenvalue weighted by Gasteiger charge is -2.11. The number of carbonyl (C=O) groups is 1. The lowest BCUT2D eigenvalue weighted by atomic mass is 10.2. The smallest absolute Gasteiger partial charge is 0.261 e. The first kappa shape index (κ1) is 17.1. The molecule has 0 aliphatic heterocycles. The Morgan fingerprint density at radius 1 is 1.04 bits per heavy atom. The van der Waals surface area contributed by atoms with Crippen molar-refractivity contribution in [2.24, 2.45) is 0 Å². The average Bonchev–Trinajstić information content (AvgIpc) is 3.32. The van der Waals surface area contributed by atoms with Crippen LogP contribution in [-0.2, 0) is 0 Å². The number of nitrogens with zero attached hydrogens (tertiary/aromatic N) is 3. The molecule has 2 heterocycles. The molecule has 1 N–H and O–H groups in total. The van der Waals surface area contributed by atoms with Crippen LogP contribution in [0.3, 0.4) is 0 Å². The third-order valence-corrected chi connectivity index (χ3v) is 4.23. The predicted octanol–water partition coefficient (Wildman–Crippen LogP) is 4.71. The van der Waals surface area contributed by atoms with Gasteiger partial charge in [0.05, 0.1) is 11.9 Å². The average molecular weight is 381 g/mol. The summed E-state index contributed by atoms with van der Waals surface area (Å²) < 4.78 is 16.6. The van der Waals surface area contributed by atoms with Crippen LogP contribution in [0.1, 0.15) is 10.4 Å². The molecule has 0 aliphatic rings. The number of anilines is 1. The van der Waals surface area contributed by atoms with Crippen LogP contribution in [0.25, 0.3) is 11.5 Å². The fourth-order valence-electron chi connectivity index (χ4n) is 2.76. The molecule has 0 fully saturated rings. The van der Waals surface area contributed by atoms with Crippen molar-refractivity contribution in [2.75, 3.05) is 5.32 Å². The lowest BCUT2D eigenvalue weighted by molar-refractivity contribution is 0.102. The standard InChI is InChI=1S/C20H14ClFN4O/c21-14-4-3-5-16(12-14)24-19(27)18-13-23-26(17-8-6-15(22)7-9-17)20(18)25-10-1-2-11-25/h1-13H,(H,24,27). The van der Waals surface area contributed by atoms with Crippen LogP contribution in [0.2, 0.25) is 5.02 Å². The lowest BCUT2D eigenvalue weighted by Crippen LogP contribution is -2.15. The number of carbonyl (C=O) groups excluding carboxylic acids is 1. The van der Waals surface area contributed by atoms with Crippen molar-refractivity contribution in [3.63, 3.8) is 0 Å². The summed E-state index contributed by atoms with van der Waals surface area (Å²) in [5, 5.41) is 7.69. The SMILES string of the molecule is O=C(Nc1cccc(Cl)c1)c1cnn(-c2ccc(F)cc2)c1-n1cccc1. The second kappa shape index (κ2) is 7.09. The van der Waals surface area contributed by atoms with E-state index in [9.17, 15) is 9.18 Å². The van der Waals surface area contributed by atoms with Gasteiger partial charge in [-0.05, 0) is 54.6 Å². The Bertz CT molecular complexity index is 1090. The van der Waals surface area contributed by atoms with Crippen molar-refractivity contribution >= 4 is 23.2 Å². The predicted molar refractivity (Wildman–Crippen MR) is 102 cm³/mol. The van der Waals surface area contributed by atoms with Crippen molar-refractivity contribution in [2.45, 2.75) is 0 Å². The van der Waals surface area contributed by atoms with E-state index >= 15 is 0 Å². The van der Waals surface area contributed by atoms with Crippen LogP contribution in [-0.4, -0.2) is 20.3 Å². The molecule has 5 nitrogen and oxygen atoms in total. The highest BCUT2D eigenvalue weighted by molar-refractivity contribution is 6.31. The minimum absolute atomic E-state index is 0.325. The first-order chi connectivity index (χ1) is 13.1. The van der Waals surface area contributed by atoms with Crippen LogP contribution in [0.15, 0.2) is 79.3 Å². The van der Waals surface area contributed by atoms with Crippen LogP contribution in [0, 0.1) is 5.82 Å². The Hall–Kier alpha value is -3.38. The number of amides is 1. The summed E-state index contributed by atoms with van der Waals surface area (Å²) in [6, 6.07) is 16.5. The van der Waals surface area contributed by atoms with Crippen molar-refractivity contribution in [1.29, 1.82) is 0 Å². The monoisotopic (exact) mass is 380 g/mol. The first-order valence-electron chi connectivity index (χ1n) is 8.16. The van der Waals surface area contributed by atoms with Gasteiger partial charge in [0, 0.05) is 23.1 Å². The Morgan fingerprint density at radius 3 is 2.48 bits per heavy atom. The highest BCUT2D eigenvalue weighted by Crippen LogP contribution is 2.22. The molecule has 0 atom stereocenters. The summed E-state index contributed by atoms with van der Waals surface area (Å²) in [4.78, 5) is 12.9. The zero-order valence-corrected chi connectivity index (χ0v) is 14.8. The third-order valence-electron chi connectivity index (χ3n) is 3.99. The number of halogens is 2. The molecule has 0 spiro atoms. The van der Waals surface area contributed by atoms with Crippen LogP contribution >= 0.6 is 11.6 Å².